The Labute approximate surface area is 323 Å². The molecule has 0 unspecified atom stereocenters. The van der Waals surface area contributed by atoms with Gasteiger partial charge in [-0.15, -0.1) is 0 Å². The van der Waals surface area contributed by atoms with Crippen LogP contribution in [0, 0.1) is 22.7 Å². The molecule has 2 heterocycles. The van der Waals surface area contributed by atoms with E-state index in [1.807, 2.05) is 97.1 Å². The lowest BCUT2D eigenvalue weighted by Gasteiger charge is -2.22. The van der Waals surface area contributed by atoms with Gasteiger partial charge in [-0.2, -0.15) is 10.5 Å². The molecule has 0 atom stereocenters. The van der Waals surface area contributed by atoms with Gasteiger partial charge in [0.1, 0.15) is 23.0 Å². The Hall–Kier alpha value is -7.68. The van der Waals surface area contributed by atoms with Crippen molar-refractivity contribution in [3.8, 4) is 68.8 Å². The first-order valence-electron chi connectivity index (χ1n) is 18.0. The minimum Gasteiger partial charge on any atom is -0.497 e. The summed E-state index contributed by atoms with van der Waals surface area (Å²) in [5.74, 6) is 2.81. The van der Waals surface area contributed by atoms with Crippen LogP contribution in [0.2, 0.25) is 0 Å². The Balaban J connectivity index is 1.55. The number of ether oxygens (including phenoxy) is 4. The summed E-state index contributed by atoms with van der Waals surface area (Å²) in [7, 11) is 6.65. The van der Waals surface area contributed by atoms with E-state index in [0.717, 1.165) is 77.2 Å². The maximum Gasteiger partial charge on any atom is 0.120 e. The molecule has 0 N–H and O–H groups in total. The molecule has 8 nitrogen and oxygen atoms in total. The maximum absolute atomic E-state index is 10.5. The molecule has 0 aliphatic heterocycles. The molecule has 0 fully saturated rings. The van der Waals surface area contributed by atoms with Crippen molar-refractivity contribution in [3.63, 3.8) is 0 Å². The Morgan fingerprint density at radius 2 is 0.696 bits per heavy atom. The zero-order chi connectivity index (χ0) is 38.5. The van der Waals surface area contributed by atoms with Gasteiger partial charge >= 0.3 is 0 Å². The number of nitriles is 2. The second kappa shape index (κ2) is 13.6. The highest BCUT2D eigenvalue weighted by Gasteiger charge is 2.25. The van der Waals surface area contributed by atoms with E-state index in [1.165, 1.54) is 0 Å². The van der Waals surface area contributed by atoms with E-state index in [0.29, 0.717) is 34.1 Å². The van der Waals surface area contributed by atoms with Gasteiger partial charge in [0.25, 0.3) is 0 Å². The molecule has 0 amide bonds. The molecular formula is C48H34N4O4. The molecule has 0 saturated carbocycles. The standard InChI is InChI=1S/C48H34N4O4/c1-53-31-13-17-37-38-18-14-32(54-2)22-44(38)51(43(37)21-31)47-26-48(52-45-23-33(55-3)15-19-39(45)40-20-16-34(56-4)24-46(40)52)42(36-12-8-6-10-30(36)28-50)25-41(47)35-11-7-5-9-29(35)27-49/h5-26H,1-4H3. The second-order valence-electron chi connectivity index (χ2n) is 13.4. The summed E-state index contributed by atoms with van der Waals surface area (Å²) in [5.41, 5.74) is 9.38. The van der Waals surface area contributed by atoms with E-state index < -0.39 is 0 Å². The highest BCUT2D eigenvalue weighted by molar-refractivity contribution is 6.12. The number of hydrogen-bond acceptors (Lipinski definition) is 6. The number of hydrogen-bond donors (Lipinski definition) is 0. The molecule has 270 valence electrons. The zero-order valence-electron chi connectivity index (χ0n) is 31.1. The van der Waals surface area contributed by atoms with Crippen LogP contribution in [0.4, 0.5) is 0 Å². The van der Waals surface area contributed by atoms with Gasteiger partial charge in [-0.3, -0.25) is 0 Å². The Bertz CT molecular complexity index is 2790. The third-order valence-electron chi connectivity index (χ3n) is 10.6. The van der Waals surface area contributed by atoms with Crippen LogP contribution in [0.5, 0.6) is 23.0 Å². The number of rotatable bonds is 8. The largest absolute Gasteiger partial charge is 0.497 e. The number of nitrogens with zero attached hydrogens (tertiary/aromatic N) is 4. The second-order valence-corrected chi connectivity index (χ2v) is 13.4. The van der Waals surface area contributed by atoms with Crippen molar-refractivity contribution < 1.29 is 18.9 Å². The van der Waals surface area contributed by atoms with Crippen LogP contribution < -0.4 is 18.9 Å². The molecule has 8 heteroatoms. The van der Waals surface area contributed by atoms with Crippen molar-refractivity contribution in [2.75, 3.05) is 28.4 Å². The maximum atomic E-state index is 10.5. The predicted octanol–water partition coefficient (Wildman–Crippen LogP) is 11.0. The average Bonchev–Trinajstić information content (AvgIpc) is 3.76. The summed E-state index contributed by atoms with van der Waals surface area (Å²) >= 11 is 0. The fourth-order valence-electron chi connectivity index (χ4n) is 7.99. The lowest BCUT2D eigenvalue weighted by molar-refractivity contribution is 0.415. The molecule has 56 heavy (non-hydrogen) atoms. The van der Waals surface area contributed by atoms with Gasteiger partial charge < -0.3 is 28.1 Å². The minimum atomic E-state index is 0.517. The molecule has 0 spiro atoms. The summed E-state index contributed by atoms with van der Waals surface area (Å²) in [5, 5.41) is 25.2. The zero-order valence-corrected chi connectivity index (χ0v) is 31.1. The van der Waals surface area contributed by atoms with E-state index >= 15 is 0 Å². The third kappa shape index (κ3) is 5.27. The summed E-state index contributed by atoms with van der Waals surface area (Å²) in [4.78, 5) is 0. The molecule has 9 rings (SSSR count). The summed E-state index contributed by atoms with van der Waals surface area (Å²) in [6, 6.07) is 48.7. The van der Waals surface area contributed by atoms with Crippen molar-refractivity contribution in [1.29, 1.82) is 10.5 Å². The van der Waals surface area contributed by atoms with Crippen LogP contribution in [0.15, 0.2) is 133 Å². The molecule has 7 aromatic carbocycles. The molecule has 9 aromatic rings. The first kappa shape index (κ1) is 34.1. The van der Waals surface area contributed by atoms with Crippen molar-refractivity contribution in [1.82, 2.24) is 9.13 Å². The lowest BCUT2D eigenvalue weighted by Crippen LogP contribution is -2.05. The van der Waals surface area contributed by atoms with Gasteiger partial charge in [0.05, 0.1) is 85.1 Å². The van der Waals surface area contributed by atoms with E-state index in [9.17, 15) is 10.5 Å². The van der Waals surface area contributed by atoms with E-state index in [4.69, 9.17) is 18.9 Å². The van der Waals surface area contributed by atoms with Gasteiger partial charge in [0.2, 0.25) is 0 Å². The van der Waals surface area contributed by atoms with E-state index in [2.05, 4.69) is 57.7 Å². The first-order valence-corrected chi connectivity index (χ1v) is 18.0. The highest BCUT2D eigenvalue weighted by atomic mass is 16.5. The normalized spacial score (nSPS) is 11.2. The van der Waals surface area contributed by atoms with Gasteiger partial charge in [-0.1, -0.05) is 36.4 Å². The predicted molar refractivity (Wildman–Crippen MR) is 222 cm³/mol. The number of benzene rings is 7. The highest BCUT2D eigenvalue weighted by Crippen LogP contribution is 2.46. The first-order chi connectivity index (χ1) is 27.5. The van der Waals surface area contributed by atoms with Gasteiger partial charge in [-0.05, 0) is 72.8 Å². The molecule has 0 radical (unpaired) electrons. The third-order valence-corrected chi connectivity index (χ3v) is 10.6. The molecule has 0 saturated heterocycles. The SMILES string of the molecule is COc1ccc2c3ccc(OC)cc3n(-c3cc(-n4c5cc(OC)ccc5c5ccc(OC)cc54)c(-c4ccccc4C#N)cc3-c3ccccc3C#N)c2c1. The fourth-order valence-corrected chi connectivity index (χ4v) is 7.99. The Kier molecular flexibility index (Phi) is 8.30. The van der Waals surface area contributed by atoms with Crippen LogP contribution in [0.3, 0.4) is 0 Å². The summed E-state index contributed by atoms with van der Waals surface area (Å²) < 4.78 is 27.6. The van der Waals surface area contributed by atoms with Crippen molar-refractivity contribution in [3.05, 3.63) is 145 Å². The monoisotopic (exact) mass is 730 g/mol. The molecule has 0 aliphatic rings. The lowest BCUT2D eigenvalue weighted by atomic mass is 9.91. The number of aromatic nitrogens is 2. The van der Waals surface area contributed by atoms with Gasteiger partial charge in [0.15, 0.2) is 0 Å². The van der Waals surface area contributed by atoms with Crippen LogP contribution in [-0.4, -0.2) is 37.6 Å². The Morgan fingerprint density at radius 1 is 0.375 bits per heavy atom. The van der Waals surface area contributed by atoms with Crippen LogP contribution in [0.1, 0.15) is 11.1 Å². The Morgan fingerprint density at radius 3 is 1.00 bits per heavy atom. The van der Waals surface area contributed by atoms with Crippen LogP contribution in [-0.2, 0) is 0 Å². The van der Waals surface area contributed by atoms with Crippen molar-refractivity contribution >= 4 is 43.6 Å². The van der Waals surface area contributed by atoms with Gasteiger partial charge in [-0.25, -0.2) is 0 Å². The van der Waals surface area contributed by atoms with Crippen LogP contribution >= 0.6 is 0 Å². The minimum absolute atomic E-state index is 0.517. The molecule has 0 bridgehead atoms. The van der Waals surface area contributed by atoms with Crippen molar-refractivity contribution in [2.24, 2.45) is 0 Å². The topological polar surface area (TPSA) is 94.4 Å². The molecular weight excluding hydrogens is 697 g/mol. The summed E-state index contributed by atoms with van der Waals surface area (Å²) in [6.07, 6.45) is 0. The molecule has 2 aromatic heterocycles. The van der Waals surface area contributed by atoms with Gasteiger partial charge in [0, 0.05) is 68.1 Å². The smallest absolute Gasteiger partial charge is 0.120 e. The fraction of sp³-hybridized carbons (Fsp3) is 0.0833. The molecule has 0 aliphatic carbocycles. The van der Waals surface area contributed by atoms with Crippen LogP contribution in [0.25, 0.3) is 77.2 Å². The average molecular weight is 731 g/mol. The number of methoxy groups -OCH3 is 4. The van der Waals surface area contributed by atoms with Crippen molar-refractivity contribution in [2.45, 2.75) is 0 Å². The number of fused-ring (bicyclic) bond motifs is 6. The van der Waals surface area contributed by atoms with E-state index in [-0.39, 0.29) is 0 Å². The summed E-state index contributed by atoms with van der Waals surface area (Å²) in [6.45, 7) is 0. The quantitative estimate of drug-likeness (QED) is 0.154. The van der Waals surface area contributed by atoms with E-state index in [1.54, 1.807) is 28.4 Å².